The van der Waals surface area contributed by atoms with Gasteiger partial charge in [-0.05, 0) is 43.2 Å². The summed E-state index contributed by atoms with van der Waals surface area (Å²) < 4.78 is 43.2. The summed E-state index contributed by atoms with van der Waals surface area (Å²) >= 11 is 0. The van der Waals surface area contributed by atoms with Gasteiger partial charge < -0.3 is 14.2 Å². The minimum Gasteiger partial charge on any atom is -0.496 e. The van der Waals surface area contributed by atoms with E-state index in [0.717, 1.165) is 25.7 Å². The van der Waals surface area contributed by atoms with Crippen LogP contribution < -0.4 is 9.47 Å². The van der Waals surface area contributed by atoms with E-state index < -0.39 is 28.4 Å². The molecule has 0 aliphatic carbocycles. The number of carbonyl (C=O) groups excluding carboxylic acids is 2. The number of para-hydroxylation sites is 1. The molecule has 1 fully saturated rings. The van der Waals surface area contributed by atoms with E-state index in [1.54, 1.807) is 24.3 Å². The van der Waals surface area contributed by atoms with Crippen molar-refractivity contribution in [2.45, 2.75) is 30.6 Å². The molecule has 0 bridgehead atoms. The third-order valence-electron chi connectivity index (χ3n) is 5.34. The molecule has 2 aromatic rings. The van der Waals surface area contributed by atoms with E-state index in [0.29, 0.717) is 18.8 Å². The Hall–Kier alpha value is -2.91. The third kappa shape index (κ3) is 5.28. The summed E-state index contributed by atoms with van der Waals surface area (Å²) in [5.41, 5.74) is 0.225. The van der Waals surface area contributed by atoms with E-state index >= 15 is 0 Å². The standard InChI is InChI=1S/C23H27NO7S/c1-29-21-10-6-5-9-18(21)20(25)16-31-23(26)19-15-17(11-12-22(19)30-2)32(27,28)24-13-7-3-4-8-14-24/h5-6,9-12,15H,3-4,7-8,13-14,16H2,1-2H3. The number of hydrogen-bond acceptors (Lipinski definition) is 7. The molecule has 0 saturated carbocycles. The molecule has 0 atom stereocenters. The molecular weight excluding hydrogens is 434 g/mol. The van der Waals surface area contributed by atoms with Crippen LogP contribution >= 0.6 is 0 Å². The second-order valence-corrected chi connectivity index (χ2v) is 9.32. The molecule has 1 aliphatic heterocycles. The lowest BCUT2D eigenvalue weighted by Crippen LogP contribution is -2.32. The summed E-state index contributed by atoms with van der Waals surface area (Å²) in [6.07, 6.45) is 3.59. The molecular formula is C23H27NO7S. The van der Waals surface area contributed by atoms with Crippen molar-refractivity contribution in [1.29, 1.82) is 0 Å². The molecule has 172 valence electrons. The Bertz CT molecular complexity index is 1070. The number of esters is 1. The van der Waals surface area contributed by atoms with E-state index in [1.165, 1.54) is 36.7 Å². The van der Waals surface area contributed by atoms with Crippen LogP contribution in [0.25, 0.3) is 0 Å². The molecule has 8 nitrogen and oxygen atoms in total. The molecule has 1 saturated heterocycles. The van der Waals surface area contributed by atoms with Gasteiger partial charge in [0.25, 0.3) is 0 Å². The van der Waals surface area contributed by atoms with Crippen LogP contribution in [0, 0.1) is 0 Å². The van der Waals surface area contributed by atoms with Crippen molar-refractivity contribution in [1.82, 2.24) is 4.31 Å². The zero-order valence-electron chi connectivity index (χ0n) is 18.2. The molecule has 3 rings (SSSR count). The number of sulfonamides is 1. The fourth-order valence-corrected chi connectivity index (χ4v) is 5.14. The maximum atomic E-state index is 13.1. The summed E-state index contributed by atoms with van der Waals surface area (Å²) in [6.45, 7) is 0.370. The zero-order valence-corrected chi connectivity index (χ0v) is 19.0. The molecule has 32 heavy (non-hydrogen) atoms. The molecule has 2 aromatic carbocycles. The normalized spacial score (nSPS) is 14.9. The first kappa shape index (κ1) is 23.7. The average molecular weight is 462 g/mol. The number of ketones is 1. The molecule has 0 amide bonds. The van der Waals surface area contributed by atoms with E-state index in [2.05, 4.69) is 0 Å². The van der Waals surface area contributed by atoms with Crippen molar-refractivity contribution in [3.05, 3.63) is 53.6 Å². The van der Waals surface area contributed by atoms with Crippen molar-refractivity contribution in [2.24, 2.45) is 0 Å². The van der Waals surface area contributed by atoms with Crippen molar-refractivity contribution >= 4 is 21.8 Å². The number of methoxy groups -OCH3 is 2. The average Bonchev–Trinajstić information content (AvgIpc) is 3.12. The predicted molar refractivity (Wildman–Crippen MR) is 118 cm³/mol. The molecule has 0 unspecified atom stereocenters. The summed E-state index contributed by atoms with van der Waals surface area (Å²) in [5, 5.41) is 0. The predicted octanol–water partition coefficient (Wildman–Crippen LogP) is 3.31. The summed E-state index contributed by atoms with van der Waals surface area (Å²) in [4.78, 5) is 25.2. The number of Topliss-reactive ketones (excluding diaryl/α,β-unsaturated/α-hetero) is 1. The zero-order chi connectivity index (χ0) is 23.1. The Morgan fingerprint density at radius 1 is 0.875 bits per heavy atom. The van der Waals surface area contributed by atoms with Gasteiger partial charge >= 0.3 is 5.97 Å². The van der Waals surface area contributed by atoms with Crippen LogP contribution in [0.4, 0.5) is 0 Å². The van der Waals surface area contributed by atoms with Crippen molar-refractivity contribution < 1.29 is 32.2 Å². The molecule has 0 N–H and O–H groups in total. The van der Waals surface area contributed by atoms with Crippen LogP contribution in [-0.2, 0) is 14.8 Å². The van der Waals surface area contributed by atoms with Crippen LogP contribution in [0.3, 0.4) is 0 Å². The Kier molecular flexibility index (Phi) is 7.87. The highest BCUT2D eigenvalue weighted by atomic mass is 32.2. The first-order chi connectivity index (χ1) is 15.4. The quantitative estimate of drug-likeness (QED) is 0.439. The molecule has 0 aromatic heterocycles. The highest BCUT2D eigenvalue weighted by Crippen LogP contribution is 2.27. The molecule has 9 heteroatoms. The molecule has 1 heterocycles. The summed E-state index contributed by atoms with van der Waals surface area (Å²) in [5.74, 6) is -0.757. The summed E-state index contributed by atoms with van der Waals surface area (Å²) in [7, 11) is -0.949. The maximum absolute atomic E-state index is 13.1. The second kappa shape index (κ2) is 10.6. The lowest BCUT2D eigenvalue weighted by Gasteiger charge is -2.20. The Morgan fingerprint density at radius 3 is 2.16 bits per heavy atom. The topological polar surface area (TPSA) is 99.2 Å². The van der Waals surface area contributed by atoms with E-state index in [1.807, 2.05) is 0 Å². The first-order valence-corrected chi connectivity index (χ1v) is 11.8. The third-order valence-corrected chi connectivity index (χ3v) is 7.23. The number of ether oxygens (including phenoxy) is 3. The van der Waals surface area contributed by atoms with Crippen LogP contribution in [0.5, 0.6) is 11.5 Å². The summed E-state index contributed by atoms with van der Waals surface area (Å²) in [6, 6.07) is 10.7. The van der Waals surface area contributed by atoms with Gasteiger partial charge in [0, 0.05) is 13.1 Å². The minimum absolute atomic E-state index is 0.0109. The van der Waals surface area contributed by atoms with Crippen LogP contribution in [-0.4, -0.2) is 58.4 Å². The van der Waals surface area contributed by atoms with Gasteiger partial charge in [0.15, 0.2) is 6.61 Å². The van der Waals surface area contributed by atoms with Crippen molar-refractivity contribution in [3.8, 4) is 11.5 Å². The van der Waals surface area contributed by atoms with Gasteiger partial charge in [-0.15, -0.1) is 0 Å². The highest BCUT2D eigenvalue weighted by molar-refractivity contribution is 7.89. The van der Waals surface area contributed by atoms with E-state index in [4.69, 9.17) is 14.2 Å². The number of hydrogen-bond donors (Lipinski definition) is 0. The van der Waals surface area contributed by atoms with Gasteiger partial charge in [0.05, 0.1) is 24.7 Å². The van der Waals surface area contributed by atoms with Crippen molar-refractivity contribution in [3.63, 3.8) is 0 Å². The molecule has 1 aliphatic rings. The number of rotatable bonds is 8. The van der Waals surface area contributed by atoms with Gasteiger partial charge in [-0.1, -0.05) is 25.0 Å². The highest BCUT2D eigenvalue weighted by Gasteiger charge is 2.27. The smallest absolute Gasteiger partial charge is 0.342 e. The van der Waals surface area contributed by atoms with Crippen LogP contribution in [0.2, 0.25) is 0 Å². The van der Waals surface area contributed by atoms with Gasteiger partial charge in [-0.25, -0.2) is 13.2 Å². The van der Waals surface area contributed by atoms with Gasteiger partial charge in [-0.2, -0.15) is 4.31 Å². The van der Waals surface area contributed by atoms with Crippen LogP contribution in [0.15, 0.2) is 47.4 Å². The largest absolute Gasteiger partial charge is 0.496 e. The minimum atomic E-state index is -3.76. The van der Waals surface area contributed by atoms with Gasteiger partial charge in [0.1, 0.15) is 17.1 Å². The Morgan fingerprint density at radius 2 is 1.50 bits per heavy atom. The maximum Gasteiger partial charge on any atom is 0.342 e. The van der Waals surface area contributed by atoms with Crippen molar-refractivity contribution in [2.75, 3.05) is 33.9 Å². The van der Waals surface area contributed by atoms with E-state index in [9.17, 15) is 18.0 Å². The molecule has 0 spiro atoms. The van der Waals surface area contributed by atoms with Gasteiger partial charge in [0.2, 0.25) is 15.8 Å². The fourth-order valence-electron chi connectivity index (χ4n) is 3.60. The number of nitrogens with zero attached hydrogens (tertiary/aromatic N) is 1. The number of benzene rings is 2. The second-order valence-electron chi connectivity index (χ2n) is 7.38. The Labute approximate surface area is 188 Å². The Balaban J connectivity index is 1.80. The van der Waals surface area contributed by atoms with Crippen LogP contribution in [0.1, 0.15) is 46.4 Å². The fraction of sp³-hybridized carbons (Fsp3) is 0.391. The number of carbonyl (C=O) groups is 2. The molecule has 0 radical (unpaired) electrons. The lowest BCUT2D eigenvalue weighted by atomic mass is 10.1. The van der Waals surface area contributed by atoms with E-state index in [-0.39, 0.29) is 21.8 Å². The lowest BCUT2D eigenvalue weighted by molar-refractivity contribution is 0.0470. The first-order valence-electron chi connectivity index (χ1n) is 10.4. The van der Waals surface area contributed by atoms with Gasteiger partial charge in [-0.3, -0.25) is 4.79 Å². The SMILES string of the molecule is COc1ccccc1C(=O)COC(=O)c1cc(S(=O)(=O)N2CCCCCC2)ccc1OC. The monoisotopic (exact) mass is 461 g/mol.